The fourth-order valence-electron chi connectivity index (χ4n) is 3.73. The number of furan rings is 1. The molecule has 5 rings (SSSR count). The topological polar surface area (TPSA) is 84.1 Å². The molecule has 6 nitrogen and oxygen atoms in total. The van der Waals surface area contributed by atoms with Gasteiger partial charge in [-0.1, -0.05) is 24.3 Å². The highest BCUT2D eigenvalue weighted by Crippen LogP contribution is 2.31. The van der Waals surface area contributed by atoms with Crippen LogP contribution in [0.2, 0.25) is 0 Å². The Morgan fingerprint density at radius 3 is 2.66 bits per heavy atom. The van der Waals surface area contributed by atoms with Crippen molar-refractivity contribution in [2.75, 3.05) is 0 Å². The van der Waals surface area contributed by atoms with Crippen LogP contribution >= 0.6 is 0 Å². The van der Waals surface area contributed by atoms with Crippen molar-refractivity contribution >= 4 is 0 Å². The molecule has 3 heterocycles. The van der Waals surface area contributed by atoms with E-state index in [0.29, 0.717) is 17.0 Å². The van der Waals surface area contributed by atoms with E-state index < -0.39 is 17.1 Å². The van der Waals surface area contributed by atoms with Crippen LogP contribution in [0.1, 0.15) is 22.7 Å². The normalized spacial score (nSPS) is 11.3. The Kier molecular flexibility index (Phi) is 4.82. The van der Waals surface area contributed by atoms with Gasteiger partial charge < -0.3 is 14.5 Å². The number of hydrogen-bond donors (Lipinski definition) is 2. The van der Waals surface area contributed by atoms with Gasteiger partial charge in [0.25, 0.3) is 5.56 Å². The highest BCUT2D eigenvalue weighted by atomic mass is 19.1. The van der Waals surface area contributed by atoms with Crippen molar-refractivity contribution in [2.24, 2.45) is 0 Å². The van der Waals surface area contributed by atoms with E-state index in [2.05, 4.69) is 9.97 Å². The zero-order valence-corrected chi connectivity index (χ0v) is 16.7. The van der Waals surface area contributed by atoms with Gasteiger partial charge in [0.1, 0.15) is 17.3 Å². The van der Waals surface area contributed by atoms with Gasteiger partial charge in [-0.3, -0.25) is 9.36 Å². The van der Waals surface area contributed by atoms with Crippen LogP contribution in [0, 0.1) is 11.6 Å². The van der Waals surface area contributed by atoms with Gasteiger partial charge in [0, 0.05) is 18.2 Å². The van der Waals surface area contributed by atoms with Crippen LogP contribution in [0.15, 0.2) is 76.3 Å². The number of imidazole rings is 1. The third kappa shape index (κ3) is 3.35. The predicted octanol–water partition coefficient (Wildman–Crippen LogP) is 4.42. The molecule has 0 saturated carbocycles. The Bertz CT molecular complexity index is 1440. The van der Waals surface area contributed by atoms with Crippen molar-refractivity contribution in [2.45, 2.75) is 12.8 Å². The molecule has 2 N–H and O–H groups in total. The van der Waals surface area contributed by atoms with Crippen molar-refractivity contribution in [3.63, 3.8) is 0 Å². The number of H-pyrrole nitrogens is 1. The van der Waals surface area contributed by atoms with Crippen LogP contribution in [-0.4, -0.2) is 19.6 Å². The molecule has 0 unspecified atom stereocenters. The Balaban J connectivity index is 1.71. The van der Waals surface area contributed by atoms with Gasteiger partial charge in [-0.2, -0.15) is 0 Å². The molecule has 2 aliphatic heterocycles. The number of phenolic OH excluding ortho intramolecular Hbond substituents is 1. The first-order valence-electron chi connectivity index (χ1n) is 9.88. The average molecular weight is 433 g/mol. The first-order chi connectivity index (χ1) is 15.5. The smallest absolute Gasteiger partial charge is 0.279 e. The minimum absolute atomic E-state index is 0.0303. The third-order valence-electron chi connectivity index (χ3n) is 5.30. The summed E-state index contributed by atoms with van der Waals surface area (Å²) in [7, 11) is 0. The van der Waals surface area contributed by atoms with Crippen molar-refractivity contribution in [1.29, 1.82) is 0 Å². The van der Waals surface area contributed by atoms with E-state index in [1.54, 1.807) is 30.3 Å². The van der Waals surface area contributed by atoms with Gasteiger partial charge in [-0.25, -0.2) is 13.8 Å². The fraction of sp³-hybridized carbons (Fsp3) is 0.0833. The summed E-state index contributed by atoms with van der Waals surface area (Å²) in [5, 5.41) is 9.82. The number of benzene rings is 2. The summed E-state index contributed by atoms with van der Waals surface area (Å²) in [6.45, 7) is 0. The first-order valence-corrected chi connectivity index (χ1v) is 9.88. The van der Waals surface area contributed by atoms with E-state index in [1.807, 2.05) is 0 Å². The van der Waals surface area contributed by atoms with E-state index >= 15 is 0 Å². The van der Waals surface area contributed by atoms with Crippen molar-refractivity contribution in [1.82, 2.24) is 14.5 Å². The second-order valence-corrected chi connectivity index (χ2v) is 7.34. The van der Waals surface area contributed by atoms with Crippen LogP contribution in [0.3, 0.4) is 0 Å². The second kappa shape index (κ2) is 7.81. The van der Waals surface area contributed by atoms with Crippen LogP contribution in [-0.2, 0) is 12.8 Å². The van der Waals surface area contributed by atoms with Crippen LogP contribution in [0.25, 0.3) is 17.1 Å². The number of aromatic hydroxyl groups is 1. The summed E-state index contributed by atoms with van der Waals surface area (Å²) < 4.78 is 35.6. The number of rotatable bonds is 5. The number of aromatic nitrogens is 3. The maximum Gasteiger partial charge on any atom is 0.279 e. The number of nitrogens with one attached hydrogen (secondary N) is 1. The Labute approximate surface area is 180 Å². The quantitative estimate of drug-likeness (QED) is 0.430. The summed E-state index contributed by atoms with van der Waals surface area (Å²) in [6.07, 6.45) is 3.26. The minimum atomic E-state index is -0.857. The third-order valence-corrected chi connectivity index (χ3v) is 5.30. The standard InChI is InChI=1S/C24H17F2N3O3/c25-17-8-2-1-5-14(17)11-18-23-28-19(12-15-6-4-10-32-15)24(31)29(23)20(13-27-18)16-7-3-9-21(30)22(16)26/h1-10,13,27,30H,11-12H2. The van der Waals surface area contributed by atoms with Gasteiger partial charge >= 0.3 is 0 Å². The average Bonchev–Trinajstić information content (AvgIpc) is 3.41. The maximum absolute atomic E-state index is 14.7. The molecule has 0 amide bonds. The number of aromatic amines is 1. The summed E-state index contributed by atoms with van der Waals surface area (Å²) in [5.74, 6) is -0.971. The van der Waals surface area contributed by atoms with E-state index in [9.17, 15) is 18.7 Å². The molecule has 0 saturated heterocycles. The number of hydrogen-bond acceptors (Lipinski definition) is 4. The van der Waals surface area contributed by atoms with Gasteiger partial charge in [0.2, 0.25) is 0 Å². The highest BCUT2D eigenvalue weighted by Gasteiger charge is 2.25. The van der Waals surface area contributed by atoms with Crippen molar-refractivity contribution in [3.8, 4) is 22.8 Å². The van der Waals surface area contributed by atoms with Crippen molar-refractivity contribution < 1.29 is 18.3 Å². The lowest BCUT2D eigenvalue weighted by Crippen LogP contribution is -2.20. The SMILES string of the molecule is O=c1c(Cc2ccco2)nc2c(Cc3ccccc3F)[nH]cc(-c3cccc(O)c3F)n1-2. The Hall–Kier alpha value is -4.20. The van der Waals surface area contributed by atoms with E-state index in [0.717, 1.165) is 0 Å². The molecular formula is C24H17F2N3O3. The Morgan fingerprint density at radius 1 is 1.03 bits per heavy atom. The maximum atomic E-state index is 14.7. The minimum Gasteiger partial charge on any atom is -0.505 e. The molecule has 0 bridgehead atoms. The summed E-state index contributed by atoms with van der Waals surface area (Å²) in [6, 6.07) is 13.9. The van der Waals surface area contributed by atoms with Crippen LogP contribution in [0.5, 0.6) is 5.75 Å². The summed E-state index contributed by atoms with van der Waals surface area (Å²) in [4.78, 5) is 20.8. The molecule has 8 heteroatoms. The van der Waals surface area contributed by atoms with Gasteiger partial charge in [0.05, 0.1) is 24.1 Å². The fourth-order valence-corrected chi connectivity index (χ4v) is 3.73. The molecule has 2 aliphatic rings. The molecule has 32 heavy (non-hydrogen) atoms. The molecule has 0 aliphatic carbocycles. The Morgan fingerprint density at radius 2 is 1.88 bits per heavy atom. The van der Waals surface area contributed by atoms with E-state index in [4.69, 9.17) is 4.42 Å². The van der Waals surface area contributed by atoms with Gasteiger partial charge in [0.15, 0.2) is 17.4 Å². The monoisotopic (exact) mass is 433 g/mol. The van der Waals surface area contributed by atoms with Gasteiger partial charge in [-0.15, -0.1) is 0 Å². The lowest BCUT2D eigenvalue weighted by atomic mass is 10.1. The second-order valence-electron chi connectivity index (χ2n) is 7.34. The number of nitrogens with zero attached hydrogens (tertiary/aromatic N) is 2. The lowest BCUT2D eigenvalue weighted by molar-refractivity contribution is 0.433. The zero-order chi connectivity index (χ0) is 22.2. The molecule has 1 aromatic heterocycles. The molecule has 0 radical (unpaired) electrons. The van der Waals surface area contributed by atoms with E-state index in [1.165, 1.54) is 41.3 Å². The molecule has 160 valence electrons. The number of fused-ring (bicyclic) bond motifs is 1. The molecule has 3 aromatic rings. The predicted molar refractivity (Wildman–Crippen MR) is 113 cm³/mol. The molecule has 0 atom stereocenters. The molecule has 0 spiro atoms. The number of phenols is 1. The molecule has 2 aromatic carbocycles. The lowest BCUT2D eigenvalue weighted by Gasteiger charge is -2.15. The molecular weight excluding hydrogens is 416 g/mol. The van der Waals surface area contributed by atoms with E-state index in [-0.39, 0.29) is 41.4 Å². The summed E-state index contributed by atoms with van der Waals surface area (Å²) in [5.41, 5.74) is 0.887. The van der Waals surface area contributed by atoms with Gasteiger partial charge in [-0.05, 0) is 35.9 Å². The largest absolute Gasteiger partial charge is 0.505 e. The van der Waals surface area contributed by atoms with Crippen LogP contribution in [0.4, 0.5) is 8.78 Å². The highest BCUT2D eigenvalue weighted by molar-refractivity contribution is 5.65. The van der Waals surface area contributed by atoms with Crippen molar-refractivity contribution in [3.05, 3.63) is 112 Å². The number of halogens is 2. The zero-order valence-electron chi connectivity index (χ0n) is 16.7. The summed E-state index contributed by atoms with van der Waals surface area (Å²) >= 11 is 0. The first kappa shape index (κ1) is 19.7. The van der Waals surface area contributed by atoms with Crippen LogP contribution < -0.4 is 5.56 Å². The molecule has 0 fully saturated rings.